The van der Waals surface area contributed by atoms with Crippen LogP contribution in [-0.4, -0.2) is 11.7 Å². The van der Waals surface area contributed by atoms with Crippen molar-refractivity contribution in [2.45, 2.75) is 25.7 Å². The van der Waals surface area contributed by atoms with Crippen LogP contribution in [0.5, 0.6) is 0 Å². The number of nitrogens with two attached hydrogens (primary N) is 1. The van der Waals surface area contributed by atoms with E-state index in [1.54, 1.807) is 0 Å². The summed E-state index contributed by atoms with van der Waals surface area (Å²) in [5, 5.41) is 4.04. The van der Waals surface area contributed by atoms with Crippen molar-refractivity contribution >= 4 is 11.7 Å². The summed E-state index contributed by atoms with van der Waals surface area (Å²) < 4.78 is 0. The van der Waals surface area contributed by atoms with Gasteiger partial charge in [-0.1, -0.05) is 12.2 Å². The molecule has 0 saturated heterocycles. The number of carbonyl (C=O) groups excluding carboxylic acids is 1. The molecule has 1 fully saturated rings. The van der Waals surface area contributed by atoms with E-state index >= 15 is 0 Å². The topological polar surface area (TPSA) is 67.5 Å². The molecule has 2 bridgehead atoms. The van der Waals surface area contributed by atoms with Crippen LogP contribution in [0, 0.1) is 11.8 Å². The number of hydrogen-bond acceptors (Lipinski definition) is 2. The van der Waals surface area contributed by atoms with E-state index in [0.717, 1.165) is 18.1 Å². The van der Waals surface area contributed by atoms with Gasteiger partial charge < -0.3 is 5.73 Å². The highest BCUT2D eigenvalue weighted by Gasteiger charge is 2.27. The van der Waals surface area contributed by atoms with Gasteiger partial charge in [0, 0.05) is 11.6 Å². The van der Waals surface area contributed by atoms with Crippen LogP contribution in [0.2, 0.25) is 0 Å². The monoisotopic (exact) mass is 193 g/mol. The Labute approximate surface area is 83.2 Å². The molecule has 2 aliphatic rings. The number of nitrogens with one attached hydrogen (secondary N) is 1. The van der Waals surface area contributed by atoms with E-state index in [1.165, 1.54) is 19.3 Å². The molecule has 3 N–H and O–H groups in total. The lowest BCUT2D eigenvalue weighted by Crippen LogP contribution is -2.31. The summed E-state index contributed by atoms with van der Waals surface area (Å²) in [6, 6.07) is -0.584. The van der Waals surface area contributed by atoms with Gasteiger partial charge in [0.25, 0.3) is 0 Å². The summed E-state index contributed by atoms with van der Waals surface area (Å²) in [6.07, 6.45) is 8.96. The molecule has 2 rings (SSSR count). The first-order valence-electron chi connectivity index (χ1n) is 5.04. The number of fused-ring (bicyclic) bond motifs is 2. The number of allylic oxidation sites excluding steroid dienone is 2. The van der Waals surface area contributed by atoms with E-state index in [1.807, 2.05) is 0 Å². The molecule has 0 aliphatic heterocycles. The molecule has 76 valence electrons. The average molecular weight is 193 g/mol. The van der Waals surface area contributed by atoms with Gasteiger partial charge >= 0.3 is 6.03 Å². The summed E-state index contributed by atoms with van der Waals surface area (Å²) in [5.74, 6) is 1.24. The quantitative estimate of drug-likeness (QED) is 0.479. The predicted molar refractivity (Wildman–Crippen MR) is 54.7 cm³/mol. The minimum Gasteiger partial charge on any atom is -0.350 e. The zero-order valence-electron chi connectivity index (χ0n) is 8.07. The van der Waals surface area contributed by atoms with Crippen molar-refractivity contribution in [2.75, 3.05) is 0 Å². The third-order valence-corrected chi connectivity index (χ3v) is 2.97. The molecule has 4 nitrogen and oxygen atoms in total. The third-order valence-electron chi connectivity index (χ3n) is 2.97. The van der Waals surface area contributed by atoms with E-state index in [2.05, 4.69) is 22.7 Å². The van der Waals surface area contributed by atoms with Gasteiger partial charge in [-0.25, -0.2) is 10.2 Å². The molecule has 14 heavy (non-hydrogen) atoms. The van der Waals surface area contributed by atoms with Crippen LogP contribution in [0.3, 0.4) is 0 Å². The molecule has 0 spiro atoms. The van der Waals surface area contributed by atoms with Crippen molar-refractivity contribution in [1.29, 1.82) is 0 Å². The lowest BCUT2D eigenvalue weighted by molar-refractivity contribution is 0.249. The fourth-order valence-electron chi connectivity index (χ4n) is 2.26. The first-order chi connectivity index (χ1) is 6.75. The van der Waals surface area contributed by atoms with Crippen molar-refractivity contribution in [3.8, 4) is 0 Å². The largest absolute Gasteiger partial charge is 0.350 e. The second kappa shape index (κ2) is 3.82. The van der Waals surface area contributed by atoms with Crippen LogP contribution in [-0.2, 0) is 0 Å². The van der Waals surface area contributed by atoms with Crippen molar-refractivity contribution in [3.63, 3.8) is 0 Å². The third kappa shape index (κ3) is 1.95. The first-order valence-corrected chi connectivity index (χ1v) is 5.04. The Kier molecular flexibility index (Phi) is 2.52. The van der Waals surface area contributed by atoms with Gasteiger partial charge in [0.05, 0.1) is 0 Å². The van der Waals surface area contributed by atoms with Crippen LogP contribution < -0.4 is 11.2 Å². The van der Waals surface area contributed by atoms with E-state index in [9.17, 15) is 4.79 Å². The molecule has 0 radical (unpaired) electrons. The van der Waals surface area contributed by atoms with E-state index in [0.29, 0.717) is 5.92 Å². The number of hydrogen-bond donors (Lipinski definition) is 2. The number of rotatable bonds is 1. The van der Waals surface area contributed by atoms with Crippen LogP contribution >= 0.6 is 0 Å². The van der Waals surface area contributed by atoms with Crippen molar-refractivity contribution in [3.05, 3.63) is 12.2 Å². The Morgan fingerprint density at radius 1 is 1.64 bits per heavy atom. The van der Waals surface area contributed by atoms with E-state index in [4.69, 9.17) is 5.73 Å². The average Bonchev–Trinajstić information content (AvgIpc) is 2.17. The minimum absolute atomic E-state index is 0.425. The SMILES string of the molecule is NC(=O)NN=C1CCC2CC=CC1C2. The minimum atomic E-state index is -0.584. The van der Waals surface area contributed by atoms with Crippen molar-refractivity contribution < 1.29 is 4.79 Å². The molecule has 0 aromatic rings. The molecule has 2 aliphatic carbocycles. The zero-order valence-corrected chi connectivity index (χ0v) is 8.07. The number of nitrogens with zero attached hydrogens (tertiary/aromatic N) is 1. The van der Waals surface area contributed by atoms with Gasteiger partial charge in [0.2, 0.25) is 0 Å². The molecule has 2 amide bonds. The Morgan fingerprint density at radius 2 is 2.50 bits per heavy atom. The molecule has 2 unspecified atom stereocenters. The second-order valence-corrected chi connectivity index (χ2v) is 3.99. The molecule has 0 heterocycles. The maximum absolute atomic E-state index is 10.5. The van der Waals surface area contributed by atoms with Crippen LogP contribution in [0.25, 0.3) is 0 Å². The molecule has 2 atom stereocenters. The highest BCUT2D eigenvalue weighted by atomic mass is 16.2. The maximum Gasteiger partial charge on any atom is 0.332 e. The van der Waals surface area contributed by atoms with Gasteiger partial charge in [0.1, 0.15) is 0 Å². The summed E-state index contributed by atoms with van der Waals surface area (Å²) >= 11 is 0. The zero-order chi connectivity index (χ0) is 9.97. The van der Waals surface area contributed by atoms with Crippen molar-refractivity contribution in [1.82, 2.24) is 5.43 Å². The van der Waals surface area contributed by atoms with Crippen LogP contribution in [0.15, 0.2) is 17.3 Å². The molecular weight excluding hydrogens is 178 g/mol. The summed E-state index contributed by atoms with van der Waals surface area (Å²) in [4.78, 5) is 10.5. The molecule has 0 aromatic heterocycles. The Bertz CT molecular complexity index is 296. The Morgan fingerprint density at radius 3 is 3.29 bits per heavy atom. The fraction of sp³-hybridized carbons (Fsp3) is 0.600. The normalized spacial score (nSPS) is 33.0. The summed E-state index contributed by atoms with van der Waals surface area (Å²) in [5.41, 5.74) is 8.34. The molecule has 0 aromatic carbocycles. The van der Waals surface area contributed by atoms with Gasteiger partial charge in [0.15, 0.2) is 0 Å². The fourth-order valence-corrected chi connectivity index (χ4v) is 2.26. The smallest absolute Gasteiger partial charge is 0.332 e. The number of carbonyl (C=O) groups is 1. The lowest BCUT2D eigenvalue weighted by atomic mass is 9.75. The second-order valence-electron chi connectivity index (χ2n) is 3.99. The van der Waals surface area contributed by atoms with E-state index < -0.39 is 6.03 Å². The van der Waals surface area contributed by atoms with Gasteiger partial charge in [-0.2, -0.15) is 5.10 Å². The Hall–Kier alpha value is -1.32. The van der Waals surface area contributed by atoms with Crippen LogP contribution in [0.4, 0.5) is 4.79 Å². The number of hydrazone groups is 1. The molecule has 1 saturated carbocycles. The highest BCUT2D eigenvalue weighted by Crippen LogP contribution is 2.34. The number of primary amides is 1. The standard InChI is InChI=1S/C10H15N3O/c11-10(14)13-12-9-5-4-7-2-1-3-8(9)6-7/h1,3,7-8H,2,4-6H2,(H3,11,13,14). The van der Waals surface area contributed by atoms with Gasteiger partial charge in [-0.15, -0.1) is 0 Å². The molecule has 4 heteroatoms. The number of amides is 2. The van der Waals surface area contributed by atoms with Gasteiger partial charge in [-0.3, -0.25) is 0 Å². The van der Waals surface area contributed by atoms with Crippen molar-refractivity contribution in [2.24, 2.45) is 22.7 Å². The van der Waals surface area contributed by atoms with Crippen LogP contribution in [0.1, 0.15) is 25.7 Å². The summed E-state index contributed by atoms with van der Waals surface area (Å²) in [7, 11) is 0. The highest BCUT2D eigenvalue weighted by molar-refractivity contribution is 5.90. The Balaban J connectivity index is 2.05. The first kappa shape index (κ1) is 9.24. The molecular formula is C10H15N3O. The number of urea groups is 1. The predicted octanol–water partition coefficient (Wildman–Crippen LogP) is 1.39. The lowest BCUT2D eigenvalue weighted by Gasteiger charge is -2.31. The summed E-state index contributed by atoms with van der Waals surface area (Å²) in [6.45, 7) is 0. The maximum atomic E-state index is 10.5. The van der Waals surface area contributed by atoms with Gasteiger partial charge in [-0.05, 0) is 31.6 Å². The van der Waals surface area contributed by atoms with E-state index in [-0.39, 0.29) is 0 Å².